The highest BCUT2D eigenvalue weighted by atomic mass is 32.1. The van der Waals surface area contributed by atoms with E-state index in [4.69, 9.17) is 9.47 Å². The number of thiazole rings is 1. The summed E-state index contributed by atoms with van der Waals surface area (Å²) >= 11 is 1.31. The number of fused-ring (bicyclic) bond motifs is 1. The molecule has 3 rings (SSSR count). The molecule has 0 unspecified atom stereocenters. The van der Waals surface area contributed by atoms with Crippen molar-refractivity contribution in [3.05, 3.63) is 65.0 Å². The number of para-hydroxylation sites is 1. The fraction of sp³-hybridized carbons (Fsp3) is 0.150. The summed E-state index contributed by atoms with van der Waals surface area (Å²) in [5.41, 5.74) is 1.61. The second kappa shape index (κ2) is 8.46. The quantitative estimate of drug-likeness (QED) is 0.502. The number of hydrogen-bond acceptors (Lipinski definition) is 5. The van der Waals surface area contributed by atoms with Crippen molar-refractivity contribution in [2.24, 2.45) is 4.99 Å². The van der Waals surface area contributed by atoms with Gasteiger partial charge in [0.1, 0.15) is 17.8 Å². The Morgan fingerprint density at radius 3 is 2.59 bits per heavy atom. The Kier molecular flexibility index (Phi) is 5.83. The third-order valence-electron chi connectivity index (χ3n) is 3.82. The summed E-state index contributed by atoms with van der Waals surface area (Å²) in [6.07, 6.45) is 3.10. The molecule has 0 N–H and O–H groups in total. The molecule has 0 atom stereocenters. The van der Waals surface area contributed by atoms with Gasteiger partial charge in [-0.3, -0.25) is 9.59 Å². The summed E-state index contributed by atoms with van der Waals surface area (Å²) in [4.78, 5) is 28.7. The number of methoxy groups -OCH3 is 2. The Morgan fingerprint density at radius 1 is 1.11 bits per heavy atom. The molecule has 6 nitrogen and oxygen atoms in total. The monoisotopic (exact) mass is 382 g/mol. The average Bonchev–Trinajstić information content (AvgIpc) is 3.04. The van der Waals surface area contributed by atoms with Crippen LogP contribution in [0.25, 0.3) is 16.3 Å². The molecule has 0 aliphatic carbocycles. The van der Waals surface area contributed by atoms with Crippen molar-refractivity contribution in [3.8, 4) is 5.75 Å². The Hall–Kier alpha value is -3.19. The molecule has 2 aromatic carbocycles. The van der Waals surface area contributed by atoms with Crippen molar-refractivity contribution in [2.45, 2.75) is 6.54 Å². The fourth-order valence-corrected chi connectivity index (χ4v) is 3.60. The van der Waals surface area contributed by atoms with Crippen LogP contribution < -0.4 is 9.54 Å². The van der Waals surface area contributed by atoms with Gasteiger partial charge in [0.15, 0.2) is 4.80 Å². The van der Waals surface area contributed by atoms with Gasteiger partial charge in [0.05, 0.1) is 18.9 Å². The molecule has 0 spiro atoms. The Morgan fingerprint density at radius 2 is 1.89 bits per heavy atom. The molecule has 0 fully saturated rings. The maximum Gasteiger partial charge on any atom is 0.325 e. The van der Waals surface area contributed by atoms with Crippen molar-refractivity contribution >= 4 is 39.5 Å². The average molecular weight is 382 g/mol. The normalized spacial score (nSPS) is 11.9. The van der Waals surface area contributed by atoms with E-state index in [1.165, 1.54) is 24.5 Å². The number of aromatic nitrogens is 1. The molecule has 1 aromatic heterocycles. The highest BCUT2D eigenvalue weighted by Crippen LogP contribution is 2.27. The third kappa shape index (κ3) is 4.32. The lowest BCUT2D eigenvalue weighted by Crippen LogP contribution is -2.22. The zero-order valence-corrected chi connectivity index (χ0v) is 15.7. The van der Waals surface area contributed by atoms with Crippen LogP contribution in [0.3, 0.4) is 0 Å². The van der Waals surface area contributed by atoms with Gasteiger partial charge in [0.25, 0.3) is 5.91 Å². The van der Waals surface area contributed by atoms with E-state index >= 15 is 0 Å². The highest BCUT2D eigenvalue weighted by molar-refractivity contribution is 7.16. The van der Waals surface area contributed by atoms with Crippen LogP contribution in [0, 0.1) is 0 Å². The zero-order chi connectivity index (χ0) is 19.2. The minimum absolute atomic E-state index is 0.0641. The Bertz CT molecular complexity index is 1060. The first kappa shape index (κ1) is 18.6. The summed E-state index contributed by atoms with van der Waals surface area (Å²) in [6.45, 7) is -0.0641. The van der Waals surface area contributed by atoms with Crippen LogP contribution >= 0.6 is 11.3 Å². The van der Waals surface area contributed by atoms with Gasteiger partial charge in [-0.1, -0.05) is 47.7 Å². The topological polar surface area (TPSA) is 69.9 Å². The van der Waals surface area contributed by atoms with Gasteiger partial charge >= 0.3 is 5.97 Å². The number of carbonyl (C=O) groups excluding carboxylic acids is 2. The van der Waals surface area contributed by atoms with E-state index in [-0.39, 0.29) is 6.54 Å². The van der Waals surface area contributed by atoms with E-state index in [2.05, 4.69) is 4.99 Å². The molecule has 0 saturated carbocycles. The lowest BCUT2D eigenvalue weighted by molar-refractivity contribution is -0.141. The molecule has 0 bridgehead atoms. The number of carbonyl (C=O) groups is 2. The van der Waals surface area contributed by atoms with Crippen molar-refractivity contribution in [3.63, 3.8) is 0 Å². The number of benzene rings is 2. The second-order valence-corrected chi connectivity index (χ2v) is 6.56. The first-order valence-electron chi connectivity index (χ1n) is 8.17. The van der Waals surface area contributed by atoms with Gasteiger partial charge < -0.3 is 14.0 Å². The van der Waals surface area contributed by atoms with Crippen LogP contribution in [0.1, 0.15) is 5.56 Å². The SMILES string of the molecule is COC(=O)Cn1c(=NC(=O)C=Cc2ccccc2)sc2cccc(OC)c21. The van der Waals surface area contributed by atoms with E-state index in [9.17, 15) is 9.59 Å². The van der Waals surface area contributed by atoms with Crippen LogP contribution in [0.5, 0.6) is 5.75 Å². The Balaban J connectivity index is 2.05. The summed E-state index contributed by atoms with van der Waals surface area (Å²) in [7, 11) is 2.87. The lowest BCUT2D eigenvalue weighted by Gasteiger charge is -2.07. The second-order valence-electron chi connectivity index (χ2n) is 5.55. The molecule has 0 aliphatic rings. The van der Waals surface area contributed by atoms with Crippen LogP contribution in [-0.2, 0) is 20.9 Å². The van der Waals surface area contributed by atoms with Crippen LogP contribution in [-0.4, -0.2) is 30.7 Å². The van der Waals surface area contributed by atoms with Gasteiger partial charge in [-0.05, 0) is 23.8 Å². The smallest absolute Gasteiger partial charge is 0.325 e. The summed E-state index contributed by atoms with van der Waals surface area (Å²) in [5, 5.41) is 0. The van der Waals surface area contributed by atoms with Crippen molar-refractivity contribution in [1.82, 2.24) is 4.57 Å². The van der Waals surface area contributed by atoms with Crippen molar-refractivity contribution in [2.75, 3.05) is 14.2 Å². The third-order valence-corrected chi connectivity index (χ3v) is 4.87. The molecule has 0 saturated heterocycles. The number of hydrogen-bond donors (Lipinski definition) is 0. The maximum absolute atomic E-state index is 12.3. The number of amides is 1. The summed E-state index contributed by atoms with van der Waals surface area (Å²) < 4.78 is 12.7. The molecule has 1 heterocycles. The minimum Gasteiger partial charge on any atom is -0.495 e. The van der Waals surface area contributed by atoms with Crippen LogP contribution in [0.15, 0.2) is 59.6 Å². The van der Waals surface area contributed by atoms with E-state index < -0.39 is 11.9 Å². The zero-order valence-electron chi connectivity index (χ0n) is 14.9. The molecule has 0 aliphatic heterocycles. The van der Waals surface area contributed by atoms with E-state index in [0.717, 1.165) is 10.3 Å². The van der Waals surface area contributed by atoms with Gasteiger partial charge in [0.2, 0.25) is 0 Å². The minimum atomic E-state index is -0.436. The Labute approximate surface area is 160 Å². The van der Waals surface area contributed by atoms with Gasteiger partial charge in [-0.2, -0.15) is 4.99 Å². The molecule has 1 amide bonds. The molecular formula is C20H18N2O4S. The van der Waals surface area contributed by atoms with Gasteiger partial charge in [-0.25, -0.2) is 0 Å². The first-order valence-corrected chi connectivity index (χ1v) is 8.99. The number of esters is 1. The highest BCUT2D eigenvalue weighted by Gasteiger charge is 2.14. The van der Waals surface area contributed by atoms with Crippen LogP contribution in [0.2, 0.25) is 0 Å². The van der Waals surface area contributed by atoms with Gasteiger partial charge in [0, 0.05) is 6.08 Å². The van der Waals surface area contributed by atoms with E-state index in [1.807, 2.05) is 42.5 Å². The summed E-state index contributed by atoms with van der Waals surface area (Å²) in [6, 6.07) is 15.0. The van der Waals surface area contributed by atoms with Crippen molar-refractivity contribution in [1.29, 1.82) is 0 Å². The molecule has 3 aromatic rings. The predicted molar refractivity (Wildman–Crippen MR) is 104 cm³/mol. The molecule has 7 heteroatoms. The molecule has 0 radical (unpaired) electrons. The number of rotatable bonds is 5. The lowest BCUT2D eigenvalue weighted by atomic mass is 10.2. The molecule has 138 valence electrons. The van der Waals surface area contributed by atoms with Crippen LogP contribution in [0.4, 0.5) is 0 Å². The van der Waals surface area contributed by atoms with Crippen molar-refractivity contribution < 1.29 is 19.1 Å². The fourth-order valence-electron chi connectivity index (χ4n) is 2.55. The predicted octanol–water partition coefficient (Wildman–Crippen LogP) is 3.03. The standard InChI is InChI=1S/C20H18N2O4S/c1-25-15-9-6-10-16-19(15)22(13-18(24)26-2)20(27-16)21-17(23)12-11-14-7-4-3-5-8-14/h3-12H,13H2,1-2H3. The number of nitrogens with zero attached hydrogens (tertiary/aromatic N) is 2. The largest absolute Gasteiger partial charge is 0.495 e. The summed E-state index contributed by atoms with van der Waals surface area (Å²) in [5.74, 6) is -0.251. The first-order chi connectivity index (χ1) is 13.1. The molecular weight excluding hydrogens is 364 g/mol. The van der Waals surface area contributed by atoms with E-state index in [0.29, 0.717) is 16.1 Å². The maximum atomic E-state index is 12.3. The molecule has 27 heavy (non-hydrogen) atoms. The van der Waals surface area contributed by atoms with E-state index in [1.54, 1.807) is 23.8 Å². The number of ether oxygens (including phenoxy) is 2. The van der Waals surface area contributed by atoms with Gasteiger partial charge in [-0.15, -0.1) is 0 Å².